The first-order chi connectivity index (χ1) is 8.22. The van der Waals surface area contributed by atoms with Crippen LogP contribution in [0.15, 0.2) is 34.1 Å². The predicted octanol–water partition coefficient (Wildman–Crippen LogP) is 3.47. The molecule has 1 aromatic rings. The standard InChI is InChI=1S/C8H17N.C6H4OS.ClH/c1-3-8(2)9-6-4-5-7-9;7-8-5-2-1-3-6(8)4-5;/h8H,3-7H2,1-2H3;1-4H;1H. The lowest BCUT2D eigenvalue weighted by atomic mass is 10.2. The molecular weight excluding hydrogens is 266 g/mol. The van der Waals surface area contributed by atoms with Crippen molar-refractivity contribution in [2.45, 2.75) is 48.9 Å². The Bertz CT molecular complexity index is 376. The van der Waals surface area contributed by atoms with Gasteiger partial charge in [-0.05, 0) is 57.5 Å². The van der Waals surface area contributed by atoms with Crippen LogP contribution in [0.25, 0.3) is 0 Å². The fourth-order valence-corrected chi connectivity index (χ4v) is 3.18. The van der Waals surface area contributed by atoms with E-state index in [-0.39, 0.29) is 12.4 Å². The highest BCUT2D eigenvalue weighted by Crippen LogP contribution is 2.26. The zero-order valence-electron chi connectivity index (χ0n) is 11.1. The molecule has 1 unspecified atom stereocenters. The van der Waals surface area contributed by atoms with E-state index in [1.54, 1.807) is 0 Å². The Labute approximate surface area is 119 Å². The third kappa shape index (κ3) is 3.56. The molecule has 1 fully saturated rings. The average Bonchev–Trinajstić information content (AvgIpc) is 2.92. The van der Waals surface area contributed by atoms with Gasteiger partial charge in [0.15, 0.2) is 0 Å². The van der Waals surface area contributed by atoms with Crippen LogP contribution in [0.2, 0.25) is 0 Å². The van der Waals surface area contributed by atoms with Crippen LogP contribution in [-0.4, -0.2) is 28.2 Å². The molecule has 0 amide bonds. The summed E-state index contributed by atoms with van der Waals surface area (Å²) in [5, 5.41) is 0. The molecule has 0 saturated carbocycles. The van der Waals surface area contributed by atoms with Gasteiger partial charge in [0.2, 0.25) is 0 Å². The molecule has 2 nitrogen and oxygen atoms in total. The number of benzene rings is 1. The minimum atomic E-state index is -0.752. The second-order valence-corrected chi connectivity index (χ2v) is 6.22. The predicted molar refractivity (Wildman–Crippen MR) is 78.9 cm³/mol. The largest absolute Gasteiger partial charge is 0.301 e. The molecule has 3 aliphatic heterocycles. The third-order valence-electron chi connectivity index (χ3n) is 3.59. The molecular formula is C14H22ClNOS. The maximum atomic E-state index is 10.8. The molecule has 1 atom stereocenters. The zero-order valence-corrected chi connectivity index (χ0v) is 12.7. The van der Waals surface area contributed by atoms with Gasteiger partial charge in [-0.3, -0.25) is 0 Å². The first kappa shape index (κ1) is 15.7. The van der Waals surface area contributed by atoms with Crippen molar-refractivity contribution in [2.75, 3.05) is 13.1 Å². The van der Waals surface area contributed by atoms with Crippen LogP contribution in [0.1, 0.15) is 33.1 Å². The van der Waals surface area contributed by atoms with Crippen LogP contribution in [0, 0.1) is 0 Å². The van der Waals surface area contributed by atoms with E-state index in [2.05, 4.69) is 18.7 Å². The highest BCUT2D eigenvalue weighted by molar-refractivity contribution is 7.86. The normalized spacial score (nSPS) is 19.2. The summed E-state index contributed by atoms with van der Waals surface area (Å²) in [6, 6.07) is 8.45. The summed E-state index contributed by atoms with van der Waals surface area (Å²) in [6.07, 6.45) is 4.15. The number of fused-ring (bicyclic) bond motifs is 2. The molecule has 1 saturated heterocycles. The van der Waals surface area contributed by atoms with Crippen LogP contribution >= 0.6 is 12.4 Å². The van der Waals surface area contributed by atoms with Gasteiger partial charge < -0.3 is 4.90 Å². The van der Waals surface area contributed by atoms with Crippen molar-refractivity contribution < 1.29 is 4.21 Å². The summed E-state index contributed by atoms with van der Waals surface area (Å²) in [5.41, 5.74) is 0. The molecule has 3 heterocycles. The van der Waals surface area contributed by atoms with E-state index in [4.69, 9.17) is 0 Å². The minimum Gasteiger partial charge on any atom is -0.301 e. The number of likely N-dealkylation sites (tertiary alicyclic amines) is 1. The van der Waals surface area contributed by atoms with E-state index in [1.807, 2.05) is 24.3 Å². The van der Waals surface area contributed by atoms with Crippen molar-refractivity contribution in [3.05, 3.63) is 24.3 Å². The van der Waals surface area contributed by atoms with Crippen molar-refractivity contribution >= 4 is 23.2 Å². The molecule has 18 heavy (non-hydrogen) atoms. The van der Waals surface area contributed by atoms with Crippen molar-refractivity contribution in [3.8, 4) is 0 Å². The Hall–Kier alpha value is -0.380. The van der Waals surface area contributed by atoms with E-state index in [1.165, 1.54) is 32.4 Å². The van der Waals surface area contributed by atoms with E-state index in [0.717, 1.165) is 15.8 Å². The Morgan fingerprint density at radius 3 is 2.17 bits per heavy atom. The second kappa shape index (κ2) is 7.27. The van der Waals surface area contributed by atoms with Crippen LogP contribution in [0.4, 0.5) is 0 Å². The lowest BCUT2D eigenvalue weighted by molar-refractivity contribution is 0.253. The Morgan fingerprint density at radius 1 is 1.28 bits per heavy atom. The van der Waals surface area contributed by atoms with Gasteiger partial charge in [-0.2, -0.15) is 0 Å². The Morgan fingerprint density at radius 2 is 1.83 bits per heavy atom. The SMILES string of the molecule is CCC(C)N1CCCC1.Cl.O=S1c2cccc1c2. The topological polar surface area (TPSA) is 20.3 Å². The lowest BCUT2D eigenvalue weighted by Crippen LogP contribution is -2.29. The smallest absolute Gasteiger partial charge is 0.0850 e. The quantitative estimate of drug-likeness (QED) is 0.843. The van der Waals surface area contributed by atoms with Crippen molar-refractivity contribution in [1.82, 2.24) is 4.90 Å². The monoisotopic (exact) mass is 287 g/mol. The van der Waals surface area contributed by atoms with Gasteiger partial charge in [0.05, 0.1) is 10.8 Å². The summed E-state index contributed by atoms with van der Waals surface area (Å²) in [5.74, 6) is 0. The molecule has 4 heteroatoms. The molecule has 0 N–H and O–H groups in total. The van der Waals surface area contributed by atoms with Crippen molar-refractivity contribution in [3.63, 3.8) is 0 Å². The van der Waals surface area contributed by atoms with Gasteiger partial charge in [-0.15, -0.1) is 12.4 Å². The molecule has 0 aromatic heterocycles. The highest BCUT2D eigenvalue weighted by atomic mass is 35.5. The average molecular weight is 288 g/mol. The number of halogens is 1. The summed E-state index contributed by atoms with van der Waals surface area (Å²) >= 11 is 0. The number of hydrogen-bond donors (Lipinski definition) is 0. The fraction of sp³-hybridized carbons (Fsp3) is 0.571. The van der Waals surface area contributed by atoms with E-state index in [9.17, 15) is 4.21 Å². The van der Waals surface area contributed by atoms with Crippen molar-refractivity contribution in [1.29, 1.82) is 0 Å². The molecule has 0 radical (unpaired) electrons. The van der Waals surface area contributed by atoms with Gasteiger partial charge >= 0.3 is 0 Å². The molecule has 2 bridgehead atoms. The zero-order chi connectivity index (χ0) is 12.3. The molecule has 0 spiro atoms. The van der Waals surface area contributed by atoms with E-state index < -0.39 is 10.8 Å². The molecule has 1 aromatic carbocycles. The lowest BCUT2D eigenvalue weighted by Gasteiger charge is -2.21. The molecule has 3 aliphatic rings. The highest BCUT2D eigenvalue weighted by Gasteiger charge is 2.16. The maximum absolute atomic E-state index is 10.8. The van der Waals surface area contributed by atoms with E-state index >= 15 is 0 Å². The number of nitrogens with zero attached hydrogens (tertiary/aromatic N) is 1. The van der Waals surface area contributed by atoms with E-state index in [0.29, 0.717) is 0 Å². The maximum Gasteiger partial charge on any atom is 0.0850 e. The summed E-state index contributed by atoms with van der Waals surface area (Å²) in [4.78, 5) is 4.50. The van der Waals surface area contributed by atoms with Gasteiger partial charge in [-0.25, -0.2) is 4.21 Å². The van der Waals surface area contributed by atoms with Crippen LogP contribution in [0.3, 0.4) is 0 Å². The van der Waals surface area contributed by atoms with Gasteiger partial charge in [0.1, 0.15) is 0 Å². The van der Waals surface area contributed by atoms with Crippen LogP contribution in [0.5, 0.6) is 0 Å². The molecule has 102 valence electrons. The molecule has 0 aliphatic carbocycles. The number of rotatable bonds is 2. The first-order valence-corrected chi connectivity index (χ1v) is 7.63. The summed E-state index contributed by atoms with van der Waals surface area (Å²) < 4.78 is 10.8. The van der Waals surface area contributed by atoms with Crippen LogP contribution < -0.4 is 0 Å². The Kier molecular flexibility index (Phi) is 6.33. The molecule has 4 rings (SSSR count). The Balaban J connectivity index is 0.000000171. The summed E-state index contributed by atoms with van der Waals surface area (Å²) in [6.45, 7) is 7.28. The minimum absolute atomic E-state index is 0. The van der Waals surface area contributed by atoms with Gasteiger partial charge in [0.25, 0.3) is 0 Å². The number of hydrogen-bond acceptors (Lipinski definition) is 2. The van der Waals surface area contributed by atoms with Gasteiger partial charge in [-0.1, -0.05) is 13.0 Å². The van der Waals surface area contributed by atoms with Crippen molar-refractivity contribution in [2.24, 2.45) is 0 Å². The fourth-order valence-electron chi connectivity index (χ4n) is 2.22. The van der Waals surface area contributed by atoms with Crippen LogP contribution in [-0.2, 0) is 10.8 Å². The third-order valence-corrected chi connectivity index (χ3v) is 4.95. The first-order valence-electron chi connectivity index (χ1n) is 6.48. The second-order valence-electron chi connectivity index (χ2n) is 4.74. The summed E-state index contributed by atoms with van der Waals surface area (Å²) in [7, 11) is -0.752. The van der Waals surface area contributed by atoms with Gasteiger partial charge in [0, 0.05) is 15.8 Å².